The molecule has 1 aliphatic heterocycles. The van der Waals surface area contributed by atoms with E-state index in [2.05, 4.69) is 15.9 Å². The number of benzene rings is 2. The number of rotatable bonds is 3. The lowest BCUT2D eigenvalue weighted by Crippen LogP contribution is -2.03. The van der Waals surface area contributed by atoms with Gasteiger partial charge in [0.25, 0.3) is 0 Å². The standard InChI is InChI=1S/C16H14BrClO2/c17-13-3-1-10(2-4-13)15(19)9-12-8-14(18)7-11-5-6-20-16(11)12/h1-4,7-8,15,19H,5-6,9H2. The molecule has 0 saturated heterocycles. The van der Waals surface area contributed by atoms with Crippen molar-refractivity contribution < 1.29 is 9.84 Å². The summed E-state index contributed by atoms with van der Waals surface area (Å²) < 4.78 is 6.66. The van der Waals surface area contributed by atoms with Crippen LogP contribution >= 0.6 is 27.5 Å². The van der Waals surface area contributed by atoms with Crippen LogP contribution in [0.3, 0.4) is 0 Å². The summed E-state index contributed by atoms with van der Waals surface area (Å²) in [5.41, 5.74) is 3.00. The molecule has 1 atom stereocenters. The summed E-state index contributed by atoms with van der Waals surface area (Å²) in [5.74, 6) is 0.894. The molecule has 2 aromatic carbocycles. The molecular formula is C16H14BrClO2. The molecule has 1 N–H and O–H groups in total. The van der Waals surface area contributed by atoms with E-state index in [9.17, 15) is 5.11 Å². The van der Waals surface area contributed by atoms with Crippen LogP contribution in [0.1, 0.15) is 22.8 Å². The molecule has 0 aromatic heterocycles. The van der Waals surface area contributed by atoms with Crippen molar-refractivity contribution in [1.82, 2.24) is 0 Å². The molecule has 0 spiro atoms. The first-order valence-electron chi connectivity index (χ1n) is 6.51. The van der Waals surface area contributed by atoms with Crippen LogP contribution < -0.4 is 4.74 Å². The van der Waals surface area contributed by atoms with Crippen LogP contribution in [0.25, 0.3) is 0 Å². The van der Waals surface area contributed by atoms with E-state index < -0.39 is 6.10 Å². The Morgan fingerprint density at radius 2 is 2.00 bits per heavy atom. The quantitative estimate of drug-likeness (QED) is 0.891. The number of hydrogen-bond acceptors (Lipinski definition) is 2. The van der Waals surface area contributed by atoms with E-state index in [4.69, 9.17) is 16.3 Å². The van der Waals surface area contributed by atoms with Gasteiger partial charge in [0.1, 0.15) is 5.75 Å². The zero-order chi connectivity index (χ0) is 14.1. The minimum Gasteiger partial charge on any atom is -0.493 e. The van der Waals surface area contributed by atoms with Crippen LogP contribution in [0.5, 0.6) is 5.75 Å². The van der Waals surface area contributed by atoms with Gasteiger partial charge in [-0.3, -0.25) is 0 Å². The molecule has 0 radical (unpaired) electrons. The zero-order valence-corrected chi connectivity index (χ0v) is 13.1. The molecule has 1 heterocycles. The number of halogens is 2. The zero-order valence-electron chi connectivity index (χ0n) is 10.8. The lowest BCUT2D eigenvalue weighted by Gasteiger charge is -2.14. The SMILES string of the molecule is OC(Cc1cc(Cl)cc2c1OCC2)c1ccc(Br)cc1. The van der Waals surface area contributed by atoms with Crippen molar-refractivity contribution in [3.05, 3.63) is 62.6 Å². The maximum atomic E-state index is 10.4. The Morgan fingerprint density at radius 3 is 2.75 bits per heavy atom. The predicted molar refractivity (Wildman–Crippen MR) is 83.5 cm³/mol. The second-order valence-electron chi connectivity index (χ2n) is 4.92. The molecule has 1 unspecified atom stereocenters. The number of ether oxygens (including phenoxy) is 1. The fraction of sp³-hybridized carbons (Fsp3) is 0.250. The Balaban J connectivity index is 1.86. The van der Waals surface area contributed by atoms with Crippen molar-refractivity contribution in [2.24, 2.45) is 0 Å². The number of aliphatic hydroxyl groups excluding tert-OH is 1. The molecule has 0 aliphatic carbocycles. The number of aliphatic hydroxyl groups is 1. The summed E-state index contributed by atoms with van der Waals surface area (Å²) in [6.45, 7) is 0.692. The fourth-order valence-electron chi connectivity index (χ4n) is 2.51. The van der Waals surface area contributed by atoms with Crippen molar-refractivity contribution >= 4 is 27.5 Å². The highest BCUT2D eigenvalue weighted by molar-refractivity contribution is 9.10. The van der Waals surface area contributed by atoms with Gasteiger partial charge in [0.15, 0.2) is 0 Å². The second-order valence-corrected chi connectivity index (χ2v) is 6.28. The summed E-state index contributed by atoms with van der Waals surface area (Å²) in [6.07, 6.45) is 0.830. The van der Waals surface area contributed by atoms with Gasteiger partial charge >= 0.3 is 0 Å². The summed E-state index contributed by atoms with van der Waals surface area (Å²) in [4.78, 5) is 0. The van der Waals surface area contributed by atoms with Crippen LogP contribution in [0.4, 0.5) is 0 Å². The molecular weight excluding hydrogens is 340 g/mol. The lowest BCUT2D eigenvalue weighted by molar-refractivity contribution is 0.177. The van der Waals surface area contributed by atoms with Crippen LogP contribution in [-0.2, 0) is 12.8 Å². The molecule has 4 heteroatoms. The Kier molecular flexibility index (Phi) is 4.01. The smallest absolute Gasteiger partial charge is 0.126 e. The molecule has 2 nitrogen and oxygen atoms in total. The highest BCUT2D eigenvalue weighted by Crippen LogP contribution is 2.35. The van der Waals surface area contributed by atoms with E-state index in [1.54, 1.807) is 0 Å². The van der Waals surface area contributed by atoms with E-state index in [0.717, 1.165) is 33.3 Å². The lowest BCUT2D eigenvalue weighted by atomic mass is 9.99. The van der Waals surface area contributed by atoms with Gasteiger partial charge in [0, 0.05) is 22.3 Å². The summed E-state index contributed by atoms with van der Waals surface area (Å²) in [5, 5.41) is 11.1. The molecule has 2 aromatic rings. The first kappa shape index (κ1) is 13.9. The summed E-state index contributed by atoms with van der Waals surface area (Å²) in [7, 11) is 0. The molecule has 20 heavy (non-hydrogen) atoms. The maximum absolute atomic E-state index is 10.4. The normalized spacial score (nSPS) is 14.8. The van der Waals surface area contributed by atoms with E-state index in [-0.39, 0.29) is 0 Å². The topological polar surface area (TPSA) is 29.5 Å². The molecule has 0 fully saturated rings. The monoisotopic (exact) mass is 352 g/mol. The van der Waals surface area contributed by atoms with E-state index in [1.807, 2.05) is 36.4 Å². The van der Waals surface area contributed by atoms with Gasteiger partial charge < -0.3 is 9.84 Å². The van der Waals surface area contributed by atoms with E-state index in [0.29, 0.717) is 18.1 Å². The predicted octanol–water partition coefficient (Wildman–Crippen LogP) is 4.31. The third-order valence-corrected chi connectivity index (χ3v) is 4.24. The van der Waals surface area contributed by atoms with Crippen molar-refractivity contribution in [1.29, 1.82) is 0 Å². The van der Waals surface area contributed by atoms with Crippen molar-refractivity contribution in [3.63, 3.8) is 0 Å². The second kappa shape index (κ2) is 5.76. The molecule has 0 saturated carbocycles. The average molecular weight is 354 g/mol. The minimum absolute atomic E-state index is 0.504. The van der Waals surface area contributed by atoms with Gasteiger partial charge in [-0.15, -0.1) is 0 Å². The summed E-state index contributed by atoms with van der Waals surface area (Å²) >= 11 is 9.53. The highest BCUT2D eigenvalue weighted by atomic mass is 79.9. The van der Waals surface area contributed by atoms with Gasteiger partial charge in [-0.25, -0.2) is 0 Å². The van der Waals surface area contributed by atoms with Crippen molar-refractivity contribution in [2.45, 2.75) is 18.9 Å². The van der Waals surface area contributed by atoms with Crippen LogP contribution in [-0.4, -0.2) is 11.7 Å². The summed E-state index contributed by atoms with van der Waals surface area (Å²) in [6, 6.07) is 11.5. The largest absolute Gasteiger partial charge is 0.493 e. The number of fused-ring (bicyclic) bond motifs is 1. The Labute approximate surface area is 131 Å². The third kappa shape index (κ3) is 2.85. The van der Waals surface area contributed by atoms with Gasteiger partial charge in [0.2, 0.25) is 0 Å². The average Bonchev–Trinajstić information content (AvgIpc) is 2.87. The maximum Gasteiger partial charge on any atom is 0.126 e. The fourth-order valence-corrected chi connectivity index (χ4v) is 3.04. The molecule has 104 valence electrons. The van der Waals surface area contributed by atoms with Crippen LogP contribution in [0.15, 0.2) is 40.9 Å². The van der Waals surface area contributed by atoms with Gasteiger partial charge in [0.05, 0.1) is 12.7 Å². The number of hydrogen-bond donors (Lipinski definition) is 1. The van der Waals surface area contributed by atoms with Gasteiger partial charge in [-0.1, -0.05) is 39.7 Å². The van der Waals surface area contributed by atoms with Crippen LogP contribution in [0, 0.1) is 0 Å². The third-order valence-electron chi connectivity index (χ3n) is 3.49. The Hall–Kier alpha value is -1.03. The van der Waals surface area contributed by atoms with E-state index >= 15 is 0 Å². The van der Waals surface area contributed by atoms with Crippen molar-refractivity contribution in [2.75, 3.05) is 6.61 Å². The Bertz CT molecular complexity index is 625. The molecule has 0 amide bonds. The molecule has 1 aliphatic rings. The van der Waals surface area contributed by atoms with Crippen molar-refractivity contribution in [3.8, 4) is 5.75 Å². The first-order chi connectivity index (χ1) is 9.63. The highest BCUT2D eigenvalue weighted by Gasteiger charge is 2.20. The van der Waals surface area contributed by atoms with Gasteiger partial charge in [-0.05, 0) is 41.0 Å². The van der Waals surface area contributed by atoms with Crippen LogP contribution in [0.2, 0.25) is 5.02 Å². The minimum atomic E-state index is -0.560. The van der Waals surface area contributed by atoms with E-state index in [1.165, 1.54) is 0 Å². The molecule has 3 rings (SSSR count). The Morgan fingerprint density at radius 1 is 1.25 bits per heavy atom. The molecule has 0 bridgehead atoms. The first-order valence-corrected chi connectivity index (χ1v) is 7.68. The van der Waals surface area contributed by atoms with Gasteiger partial charge in [-0.2, -0.15) is 0 Å².